The fraction of sp³-hybridized carbons (Fsp3) is 0.458. The largest absolute Gasteiger partial charge is 0.491 e. The zero-order chi connectivity index (χ0) is 21.1. The number of hydrogen-bond acceptors (Lipinski definition) is 3. The van der Waals surface area contributed by atoms with Crippen LogP contribution in [0.1, 0.15) is 35.1 Å². The topological polar surface area (TPSA) is 38.8 Å². The number of carbonyl (C=O) groups is 1. The van der Waals surface area contributed by atoms with Crippen LogP contribution < -0.4 is 4.74 Å². The third-order valence-corrected chi connectivity index (χ3v) is 5.95. The van der Waals surface area contributed by atoms with Crippen molar-refractivity contribution in [3.8, 4) is 5.75 Å². The van der Waals surface area contributed by atoms with Gasteiger partial charge in [0.05, 0.1) is 19.6 Å². The molecule has 1 aliphatic carbocycles. The molecule has 160 valence electrons. The van der Waals surface area contributed by atoms with Crippen LogP contribution in [0.25, 0.3) is 0 Å². The van der Waals surface area contributed by atoms with Gasteiger partial charge in [0, 0.05) is 12.1 Å². The summed E-state index contributed by atoms with van der Waals surface area (Å²) in [6, 6.07) is 8.80. The normalized spacial score (nSPS) is 18.8. The van der Waals surface area contributed by atoms with Gasteiger partial charge >= 0.3 is 0 Å². The number of ether oxygens (including phenoxy) is 2. The van der Waals surface area contributed by atoms with E-state index in [9.17, 15) is 13.6 Å². The molecule has 0 bridgehead atoms. The van der Waals surface area contributed by atoms with Gasteiger partial charge in [0.15, 0.2) is 0 Å². The quantitative estimate of drug-likeness (QED) is 0.741. The monoisotopic (exact) mass is 415 g/mol. The molecule has 0 aromatic heterocycles. The predicted molar refractivity (Wildman–Crippen MR) is 110 cm³/mol. The van der Waals surface area contributed by atoms with Crippen molar-refractivity contribution in [1.82, 2.24) is 4.90 Å². The molecule has 2 aliphatic rings. The van der Waals surface area contributed by atoms with Gasteiger partial charge in [0.1, 0.15) is 30.1 Å². The number of halogens is 2. The first kappa shape index (κ1) is 20.8. The average Bonchev–Trinajstić information content (AvgIpc) is 2.78. The Labute approximate surface area is 175 Å². The summed E-state index contributed by atoms with van der Waals surface area (Å²) >= 11 is 0. The SMILES string of the molecule is Cc1ccc(F)c(CC(=O)N2CCO[C@@H](COc3ccc4c(c3)CCCC4)C2)c1F. The molecule has 2 aromatic rings. The molecule has 2 aromatic carbocycles. The fourth-order valence-corrected chi connectivity index (χ4v) is 4.18. The second-order valence-corrected chi connectivity index (χ2v) is 8.11. The summed E-state index contributed by atoms with van der Waals surface area (Å²) in [5.74, 6) is -0.831. The van der Waals surface area contributed by atoms with Gasteiger partial charge in [-0.05, 0) is 67.5 Å². The molecular formula is C24H27F2NO3. The molecule has 0 saturated carbocycles. The molecule has 4 rings (SSSR count). The molecule has 0 N–H and O–H groups in total. The Kier molecular flexibility index (Phi) is 6.32. The number of amides is 1. The van der Waals surface area contributed by atoms with Gasteiger partial charge in [-0.2, -0.15) is 0 Å². The van der Waals surface area contributed by atoms with Gasteiger partial charge in [0.2, 0.25) is 5.91 Å². The number of morpholine rings is 1. The van der Waals surface area contributed by atoms with Gasteiger partial charge in [-0.25, -0.2) is 8.78 Å². The average molecular weight is 415 g/mol. The first-order chi connectivity index (χ1) is 14.5. The summed E-state index contributed by atoms with van der Waals surface area (Å²) in [5, 5.41) is 0. The second-order valence-electron chi connectivity index (χ2n) is 8.11. The summed E-state index contributed by atoms with van der Waals surface area (Å²) < 4.78 is 39.9. The van der Waals surface area contributed by atoms with Crippen molar-refractivity contribution >= 4 is 5.91 Å². The van der Waals surface area contributed by atoms with Crippen molar-refractivity contribution in [3.05, 3.63) is 64.2 Å². The van der Waals surface area contributed by atoms with Crippen LogP contribution in [0.15, 0.2) is 30.3 Å². The maximum absolute atomic E-state index is 14.2. The van der Waals surface area contributed by atoms with E-state index in [2.05, 4.69) is 12.1 Å². The molecule has 1 saturated heterocycles. The van der Waals surface area contributed by atoms with E-state index in [1.54, 1.807) is 11.8 Å². The maximum atomic E-state index is 14.2. The summed E-state index contributed by atoms with van der Waals surface area (Å²) in [4.78, 5) is 14.3. The lowest BCUT2D eigenvalue weighted by molar-refractivity contribution is -0.139. The molecule has 0 spiro atoms. The van der Waals surface area contributed by atoms with Crippen molar-refractivity contribution in [3.63, 3.8) is 0 Å². The number of hydrogen-bond donors (Lipinski definition) is 0. The van der Waals surface area contributed by atoms with Crippen molar-refractivity contribution in [2.24, 2.45) is 0 Å². The number of aryl methyl sites for hydroxylation is 3. The Hall–Kier alpha value is -2.47. The van der Waals surface area contributed by atoms with Crippen LogP contribution in [-0.4, -0.2) is 43.2 Å². The lowest BCUT2D eigenvalue weighted by Crippen LogP contribution is -2.48. The predicted octanol–water partition coefficient (Wildman–Crippen LogP) is 4.00. The zero-order valence-corrected chi connectivity index (χ0v) is 17.3. The molecule has 1 atom stereocenters. The lowest BCUT2D eigenvalue weighted by atomic mass is 9.92. The lowest BCUT2D eigenvalue weighted by Gasteiger charge is -2.33. The van der Waals surface area contributed by atoms with E-state index in [0.29, 0.717) is 31.9 Å². The number of carbonyl (C=O) groups excluding carboxylic acids is 1. The van der Waals surface area contributed by atoms with Crippen LogP contribution >= 0.6 is 0 Å². The van der Waals surface area contributed by atoms with E-state index in [1.165, 1.54) is 36.1 Å². The Morgan fingerprint density at radius 3 is 2.80 bits per heavy atom. The molecule has 1 aliphatic heterocycles. The van der Waals surface area contributed by atoms with Crippen LogP contribution in [0.2, 0.25) is 0 Å². The minimum atomic E-state index is -0.688. The third kappa shape index (κ3) is 4.64. The smallest absolute Gasteiger partial charge is 0.227 e. The van der Waals surface area contributed by atoms with Crippen molar-refractivity contribution < 1.29 is 23.0 Å². The van der Waals surface area contributed by atoms with Gasteiger partial charge in [-0.3, -0.25) is 4.79 Å². The van der Waals surface area contributed by atoms with Crippen molar-refractivity contribution in [1.29, 1.82) is 0 Å². The summed E-state index contributed by atoms with van der Waals surface area (Å²) in [6.45, 7) is 3.02. The highest BCUT2D eigenvalue weighted by Crippen LogP contribution is 2.26. The molecular weight excluding hydrogens is 388 g/mol. The second kappa shape index (κ2) is 9.13. The minimum Gasteiger partial charge on any atom is -0.491 e. The number of rotatable bonds is 5. The van der Waals surface area contributed by atoms with Gasteiger partial charge in [-0.15, -0.1) is 0 Å². The van der Waals surface area contributed by atoms with E-state index >= 15 is 0 Å². The Morgan fingerprint density at radius 2 is 1.97 bits per heavy atom. The van der Waals surface area contributed by atoms with Crippen LogP contribution in [0.4, 0.5) is 8.78 Å². The third-order valence-electron chi connectivity index (χ3n) is 5.95. The van der Waals surface area contributed by atoms with E-state index in [0.717, 1.165) is 18.6 Å². The first-order valence-corrected chi connectivity index (χ1v) is 10.6. The van der Waals surface area contributed by atoms with Crippen LogP contribution in [0, 0.1) is 18.6 Å². The van der Waals surface area contributed by atoms with Crippen LogP contribution in [-0.2, 0) is 28.8 Å². The van der Waals surface area contributed by atoms with E-state index in [-0.39, 0.29) is 24.0 Å². The van der Waals surface area contributed by atoms with Crippen molar-refractivity contribution in [2.45, 2.75) is 45.1 Å². The summed E-state index contributed by atoms with van der Waals surface area (Å²) in [6.07, 6.45) is 4.09. The van der Waals surface area contributed by atoms with E-state index in [4.69, 9.17) is 9.47 Å². The van der Waals surface area contributed by atoms with Gasteiger partial charge in [-0.1, -0.05) is 12.1 Å². The Morgan fingerprint density at radius 1 is 1.17 bits per heavy atom. The van der Waals surface area contributed by atoms with Crippen molar-refractivity contribution in [2.75, 3.05) is 26.3 Å². The summed E-state index contributed by atoms with van der Waals surface area (Å²) in [5.41, 5.74) is 2.91. The Balaban J connectivity index is 1.34. The minimum absolute atomic E-state index is 0.173. The molecule has 0 radical (unpaired) electrons. The molecule has 1 fully saturated rings. The molecule has 6 heteroatoms. The first-order valence-electron chi connectivity index (χ1n) is 10.6. The molecule has 1 heterocycles. The van der Waals surface area contributed by atoms with Gasteiger partial charge < -0.3 is 14.4 Å². The van der Waals surface area contributed by atoms with Crippen LogP contribution in [0.5, 0.6) is 5.75 Å². The Bertz CT molecular complexity index is 931. The highest BCUT2D eigenvalue weighted by molar-refractivity contribution is 5.79. The zero-order valence-electron chi connectivity index (χ0n) is 17.3. The van der Waals surface area contributed by atoms with E-state index in [1.807, 2.05) is 6.07 Å². The number of benzene rings is 2. The highest BCUT2D eigenvalue weighted by atomic mass is 19.1. The molecule has 1 amide bonds. The van der Waals surface area contributed by atoms with E-state index < -0.39 is 11.6 Å². The van der Waals surface area contributed by atoms with Gasteiger partial charge in [0.25, 0.3) is 0 Å². The fourth-order valence-electron chi connectivity index (χ4n) is 4.18. The number of nitrogens with zero attached hydrogens (tertiary/aromatic N) is 1. The summed E-state index contributed by atoms with van der Waals surface area (Å²) in [7, 11) is 0. The van der Waals surface area contributed by atoms with Crippen LogP contribution in [0.3, 0.4) is 0 Å². The molecule has 4 nitrogen and oxygen atoms in total. The maximum Gasteiger partial charge on any atom is 0.227 e. The standard InChI is InChI=1S/C24H27F2NO3/c1-16-6-9-22(25)21(24(16)26)13-23(28)27-10-11-29-20(14-27)15-30-19-8-7-17-4-2-3-5-18(17)12-19/h6-9,12,20H,2-5,10-11,13-15H2,1H3/t20-/m1/s1. The molecule has 30 heavy (non-hydrogen) atoms. The number of fused-ring (bicyclic) bond motifs is 1. The molecule has 0 unspecified atom stereocenters. The highest BCUT2D eigenvalue weighted by Gasteiger charge is 2.26.